The number of hydrogen-bond donors (Lipinski definition) is 3. The van der Waals surface area contributed by atoms with Crippen molar-refractivity contribution in [3.63, 3.8) is 0 Å². The van der Waals surface area contributed by atoms with Crippen LogP contribution in [0.5, 0.6) is 17.2 Å². The van der Waals surface area contributed by atoms with Gasteiger partial charge in [0.15, 0.2) is 11.5 Å². The van der Waals surface area contributed by atoms with Gasteiger partial charge in [-0.05, 0) is 50.5 Å². The fourth-order valence-electron chi connectivity index (χ4n) is 3.46. The molecule has 1 fully saturated rings. The molecule has 1 aliphatic rings. The van der Waals surface area contributed by atoms with Gasteiger partial charge in [0, 0.05) is 6.07 Å². The third-order valence-corrected chi connectivity index (χ3v) is 5.03. The Morgan fingerprint density at radius 3 is 2.56 bits per heavy atom. The Bertz CT molecular complexity index is 934. The minimum absolute atomic E-state index is 0.175. The van der Waals surface area contributed by atoms with Gasteiger partial charge in [-0.3, -0.25) is 4.79 Å². The van der Waals surface area contributed by atoms with E-state index in [0.29, 0.717) is 25.0 Å². The SMILES string of the molecule is Cc1ccc(Oc2cc(F)ccc2O[C@@H]2CCC[C@@H](NC(=O)COCC(=O)O)[C@H]2O)cc1. The molecule has 3 atom stereocenters. The lowest BCUT2D eigenvalue weighted by atomic mass is 9.89. The van der Waals surface area contributed by atoms with Crippen molar-refractivity contribution in [3.05, 3.63) is 53.8 Å². The molecule has 1 amide bonds. The van der Waals surface area contributed by atoms with Crippen LogP contribution in [0.3, 0.4) is 0 Å². The molecule has 8 nitrogen and oxygen atoms in total. The second kappa shape index (κ2) is 10.9. The summed E-state index contributed by atoms with van der Waals surface area (Å²) in [6, 6.07) is 10.6. The normalized spacial score (nSPS) is 20.4. The first-order valence-corrected chi connectivity index (χ1v) is 10.3. The summed E-state index contributed by atoms with van der Waals surface area (Å²) >= 11 is 0. The Balaban J connectivity index is 1.65. The second-order valence-electron chi connectivity index (χ2n) is 7.64. The van der Waals surface area contributed by atoms with Crippen molar-refractivity contribution in [3.8, 4) is 17.2 Å². The van der Waals surface area contributed by atoms with Crippen molar-refractivity contribution < 1.29 is 38.4 Å². The smallest absolute Gasteiger partial charge is 0.329 e. The molecule has 0 unspecified atom stereocenters. The summed E-state index contributed by atoms with van der Waals surface area (Å²) in [4.78, 5) is 22.5. The van der Waals surface area contributed by atoms with E-state index in [9.17, 15) is 19.1 Å². The third kappa shape index (κ3) is 6.66. The number of aliphatic carboxylic acids is 1. The Kier molecular flexibility index (Phi) is 8.02. The van der Waals surface area contributed by atoms with Crippen molar-refractivity contribution in [1.29, 1.82) is 0 Å². The van der Waals surface area contributed by atoms with E-state index >= 15 is 0 Å². The Morgan fingerprint density at radius 1 is 1.09 bits per heavy atom. The van der Waals surface area contributed by atoms with E-state index in [2.05, 4.69) is 5.32 Å². The maximum Gasteiger partial charge on any atom is 0.329 e. The molecule has 2 aromatic rings. The van der Waals surface area contributed by atoms with E-state index in [1.807, 2.05) is 19.1 Å². The molecule has 172 valence electrons. The number of hydrogen-bond acceptors (Lipinski definition) is 6. The molecule has 1 saturated carbocycles. The predicted octanol–water partition coefficient (Wildman–Crippen LogP) is 2.80. The number of aryl methyl sites for hydroxylation is 1. The summed E-state index contributed by atoms with van der Waals surface area (Å²) in [5.41, 5.74) is 1.06. The molecule has 0 aliphatic heterocycles. The number of aliphatic hydroxyl groups excluding tert-OH is 1. The number of benzene rings is 2. The molecule has 0 heterocycles. The van der Waals surface area contributed by atoms with Crippen LogP contribution in [0.1, 0.15) is 24.8 Å². The monoisotopic (exact) mass is 447 g/mol. The van der Waals surface area contributed by atoms with Gasteiger partial charge in [0.25, 0.3) is 0 Å². The molecular formula is C23H26FNO7. The first kappa shape index (κ1) is 23.5. The zero-order valence-corrected chi connectivity index (χ0v) is 17.6. The summed E-state index contributed by atoms with van der Waals surface area (Å²) in [5, 5.41) is 21.9. The van der Waals surface area contributed by atoms with Crippen LogP contribution in [0.4, 0.5) is 4.39 Å². The number of rotatable bonds is 9. The number of halogens is 1. The van der Waals surface area contributed by atoms with Gasteiger partial charge in [0.2, 0.25) is 5.91 Å². The van der Waals surface area contributed by atoms with Crippen LogP contribution >= 0.6 is 0 Å². The fourth-order valence-corrected chi connectivity index (χ4v) is 3.46. The van der Waals surface area contributed by atoms with Crippen LogP contribution in [0.15, 0.2) is 42.5 Å². The van der Waals surface area contributed by atoms with E-state index in [1.54, 1.807) is 12.1 Å². The van der Waals surface area contributed by atoms with Crippen molar-refractivity contribution in [2.75, 3.05) is 13.2 Å². The first-order valence-electron chi connectivity index (χ1n) is 10.3. The molecule has 3 N–H and O–H groups in total. The summed E-state index contributed by atoms with van der Waals surface area (Å²) < 4.78 is 30.4. The number of amides is 1. The lowest BCUT2D eigenvalue weighted by Gasteiger charge is -2.35. The average molecular weight is 447 g/mol. The van der Waals surface area contributed by atoms with Crippen LogP contribution in [-0.2, 0) is 14.3 Å². The molecular weight excluding hydrogens is 421 g/mol. The topological polar surface area (TPSA) is 114 Å². The number of carbonyl (C=O) groups is 2. The molecule has 3 rings (SSSR count). The van der Waals surface area contributed by atoms with Crippen molar-refractivity contribution in [1.82, 2.24) is 5.32 Å². The fraction of sp³-hybridized carbons (Fsp3) is 0.391. The van der Waals surface area contributed by atoms with Gasteiger partial charge in [-0.1, -0.05) is 17.7 Å². The molecule has 2 aromatic carbocycles. The molecule has 0 bridgehead atoms. The van der Waals surface area contributed by atoms with Gasteiger partial charge < -0.3 is 29.7 Å². The van der Waals surface area contributed by atoms with E-state index in [-0.39, 0.29) is 11.5 Å². The number of nitrogens with one attached hydrogen (secondary N) is 1. The zero-order chi connectivity index (χ0) is 23.1. The highest BCUT2D eigenvalue weighted by atomic mass is 19.1. The van der Waals surface area contributed by atoms with E-state index in [0.717, 1.165) is 5.56 Å². The van der Waals surface area contributed by atoms with Crippen LogP contribution in [0.2, 0.25) is 0 Å². The van der Waals surface area contributed by atoms with Gasteiger partial charge >= 0.3 is 5.97 Å². The summed E-state index contributed by atoms with van der Waals surface area (Å²) in [5.74, 6) is -1.23. The number of carboxylic acids is 1. The highest BCUT2D eigenvalue weighted by Crippen LogP contribution is 2.35. The van der Waals surface area contributed by atoms with Gasteiger partial charge in [-0.15, -0.1) is 0 Å². The Morgan fingerprint density at radius 2 is 1.84 bits per heavy atom. The summed E-state index contributed by atoms with van der Waals surface area (Å²) in [7, 11) is 0. The highest BCUT2D eigenvalue weighted by Gasteiger charge is 2.35. The summed E-state index contributed by atoms with van der Waals surface area (Å²) in [6.45, 7) is 0.937. The molecule has 0 radical (unpaired) electrons. The van der Waals surface area contributed by atoms with E-state index < -0.39 is 49.2 Å². The van der Waals surface area contributed by atoms with Gasteiger partial charge in [0.1, 0.15) is 37.0 Å². The first-order chi connectivity index (χ1) is 15.3. The number of carbonyl (C=O) groups excluding carboxylic acids is 1. The van der Waals surface area contributed by atoms with E-state index in [4.69, 9.17) is 19.3 Å². The minimum atomic E-state index is -1.17. The molecule has 0 spiro atoms. The van der Waals surface area contributed by atoms with Crippen LogP contribution in [0.25, 0.3) is 0 Å². The Hall–Kier alpha value is -3.17. The minimum Gasteiger partial charge on any atom is -0.484 e. The van der Waals surface area contributed by atoms with Crippen LogP contribution in [0, 0.1) is 12.7 Å². The molecule has 1 aliphatic carbocycles. The third-order valence-electron chi connectivity index (χ3n) is 5.03. The maximum absolute atomic E-state index is 13.8. The van der Waals surface area contributed by atoms with Crippen LogP contribution < -0.4 is 14.8 Å². The van der Waals surface area contributed by atoms with Gasteiger partial charge in [0.05, 0.1) is 6.04 Å². The quantitative estimate of drug-likeness (QED) is 0.542. The van der Waals surface area contributed by atoms with Crippen molar-refractivity contribution in [2.24, 2.45) is 0 Å². The predicted molar refractivity (Wildman–Crippen MR) is 112 cm³/mol. The van der Waals surface area contributed by atoms with E-state index in [1.165, 1.54) is 18.2 Å². The second-order valence-corrected chi connectivity index (χ2v) is 7.64. The van der Waals surface area contributed by atoms with Crippen LogP contribution in [-0.4, -0.2) is 53.6 Å². The molecule has 0 aromatic heterocycles. The van der Waals surface area contributed by atoms with Gasteiger partial charge in [-0.2, -0.15) is 0 Å². The molecule has 32 heavy (non-hydrogen) atoms. The van der Waals surface area contributed by atoms with Crippen molar-refractivity contribution in [2.45, 2.75) is 44.4 Å². The lowest BCUT2D eigenvalue weighted by Crippen LogP contribution is -2.53. The number of ether oxygens (including phenoxy) is 3. The van der Waals surface area contributed by atoms with Gasteiger partial charge in [-0.25, -0.2) is 9.18 Å². The maximum atomic E-state index is 13.8. The number of aliphatic hydroxyl groups is 1. The lowest BCUT2D eigenvalue weighted by molar-refractivity contribution is -0.144. The zero-order valence-electron chi connectivity index (χ0n) is 17.6. The molecule has 9 heteroatoms. The largest absolute Gasteiger partial charge is 0.484 e. The Labute approximate surface area is 184 Å². The highest BCUT2D eigenvalue weighted by molar-refractivity contribution is 5.78. The van der Waals surface area contributed by atoms with Crippen molar-refractivity contribution >= 4 is 11.9 Å². The summed E-state index contributed by atoms with van der Waals surface area (Å²) in [6.07, 6.45) is 0.0637. The number of carboxylic acid groups (broad SMARTS) is 1. The molecule has 0 saturated heterocycles. The standard InChI is InChI=1S/C23H26FNO7/c1-14-5-8-16(9-6-14)31-20-11-15(24)7-10-18(20)32-19-4-2-3-17(23(19)29)25-21(26)12-30-13-22(27)28/h5-11,17,19,23,29H,2-4,12-13H2,1H3,(H,25,26)(H,27,28)/t17-,19-,23-/m1/s1. The average Bonchev–Trinajstić information content (AvgIpc) is 2.74.